The fourth-order valence-electron chi connectivity index (χ4n) is 2.17. The van der Waals surface area contributed by atoms with E-state index in [1.807, 2.05) is 17.1 Å². The smallest absolute Gasteiger partial charge is 0.288 e. The minimum atomic E-state index is -0.217. The van der Waals surface area contributed by atoms with Crippen molar-refractivity contribution in [1.29, 1.82) is 0 Å². The molecule has 1 saturated heterocycles. The average molecular weight is 260 g/mol. The van der Waals surface area contributed by atoms with Crippen LogP contribution in [0.25, 0.3) is 11.0 Å². The van der Waals surface area contributed by atoms with Crippen molar-refractivity contribution in [2.75, 3.05) is 33.2 Å². The van der Waals surface area contributed by atoms with Gasteiger partial charge in [-0.25, -0.2) is 9.99 Å². The van der Waals surface area contributed by atoms with E-state index in [4.69, 9.17) is 4.42 Å². The van der Waals surface area contributed by atoms with Crippen LogP contribution in [0.4, 0.5) is 0 Å². The van der Waals surface area contributed by atoms with Crippen molar-refractivity contribution in [1.82, 2.24) is 20.3 Å². The molecule has 0 radical (unpaired) electrons. The number of pyridine rings is 1. The number of hydrazine groups is 1. The third kappa shape index (κ3) is 2.45. The average Bonchev–Trinajstić information content (AvgIpc) is 2.89. The largest absolute Gasteiger partial charge is 0.462 e. The number of nitrogens with zero attached hydrogens (tertiary/aromatic N) is 3. The fourth-order valence-corrected chi connectivity index (χ4v) is 2.17. The van der Waals surface area contributed by atoms with Crippen molar-refractivity contribution in [2.45, 2.75) is 0 Å². The van der Waals surface area contributed by atoms with E-state index >= 15 is 0 Å². The van der Waals surface area contributed by atoms with Gasteiger partial charge in [0.25, 0.3) is 5.91 Å². The summed E-state index contributed by atoms with van der Waals surface area (Å²) in [6.45, 7) is 3.52. The summed E-state index contributed by atoms with van der Waals surface area (Å²) in [5, 5.41) is 2.81. The molecule has 0 saturated carbocycles. The summed E-state index contributed by atoms with van der Waals surface area (Å²) >= 11 is 0. The molecule has 0 atom stereocenters. The highest BCUT2D eigenvalue weighted by Crippen LogP contribution is 2.17. The molecule has 2 aromatic heterocycles. The lowest BCUT2D eigenvalue weighted by Gasteiger charge is -2.32. The molecule has 3 heterocycles. The van der Waals surface area contributed by atoms with Gasteiger partial charge in [0.05, 0.1) is 6.26 Å². The minimum Gasteiger partial charge on any atom is -0.462 e. The molecule has 2 aromatic rings. The van der Waals surface area contributed by atoms with Crippen LogP contribution < -0.4 is 5.43 Å². The molecule has 19 heavy (non-hydrogen) atoms. The lowest BCUT2D eigenvalue weighted by Crippen LogP contribution is -2.52. The Hall–Kier alpha value is -1.92. The number of carbonyl (C=O) groups excluding carboxylic acids is 1. The standard InChI is InChI=1S/C13H16N4O2/c1-16-5-7-17(8-6-16)15-13(18)11-12-10(2-4-14-11)3-9-19-12/h2-4,9H,5-8H2,1H3,(H,15,18). The Kier molecular flexibility index (Phi) is 3.18. The van der Waals surface area contributed by atoms with Gasteiger partial charge in [-0.3, -0.25) is 10.2 Å². The summed E-state index contributed by atoms with van der Waals surface area (Å²) in [4.78, 5) is 18.6. The molecule has 6 heteroatoms. The van der Waals surface area contributed by atoms with Gasteiger partial charge >= 0.3 is 0 Å². The number of aromatic nitrogens is 1. The fraction of sp³-hybridized carbons (Fsp3) is 0.385. The van der Waals surface area contributed by atoms with Crippen molar-refractivity contribution in [3.05, 3.63) is 30.3 Å². The van der Waals surface area contributed by atoms with Gasteiger partial charge in [0.1, 0.15) is 0 Å². The van der Waals surface area contributed by atoms with E-state index in [1.54, 1.807) is 12.5 Å². The predicted octanol–water partition coefficient (Wildman–Crippen LogP) is 0.720. The van der Waals surface area contributed by atoms with Crippen molar-refractivity contribution in [2.24, 2.45) is 0 Å². The molecular weight excluding hydrogens is 244 g/mol. The SMILES string of the molecule is CN1CCN(NC(=O)c2nccc3ccoc23)CC1. The molecule has 0 aliphatic carbocycles. The summed E-state index contributed by atoms with van der Waals surface area (Å²) in [6, 6.07) is 3.65. The zero-order chi connectivity index (χ0) is 13.2. The second-order valence-corrected chi connectivity index (χ2v) is 4.73. The van der Waals surface area contributed by atoms with Gasteiger partial charge in [-0.15, -0.1) is 0 Å². The molecule has 1 amide bonds. The highest BCUT2D eigenvalue weighted by atomic mass is 16.3. The third-order valence-electron chi connectivity index (χ3n) is 3.35. The number of hydrogen-bond acceptors (Lipinski definition) is 5. The van der Waals surface area contributed by atoms with Crippen LogP contribution in [-0.2, 0) is 0 Å². The van der Waals surface area contributed by atoms with Crippen LogP contribution in [0.1, 0.15) is 10.5 Å². The Morgan fingerprint density at radius 2 is 2.11 bits per heavy atom. The van der Waals surface area contributed by atoms with E-state index in [2.05, 4.69) is 22.4 Å². The topological polar surface area (TPSA) is 61.6 Å². The van der Waals surface area contributed by atoms with Crippen molar-refractivity contribution >= 4 is 16.9 Å². The quantitative estimate of drug-likeness (QED) is 0.862. The Morgan fingerprint density at radius 1 is 1.32 bits per heavy atom. The zero-order valence-electron chi connectivity index (χ0n) is 10.8. The second kappa shape index (κ2) is 4.99. The molecule has 6 nitrogen and oxygen atoms in total. The van der Waals surface area contributed by atoms with Crippen molar-refractivity contribution in [3.63, 3.8) is 0 Å². The molecule has 0 spiro atoms. The Balaban J connectivity index is 1.75. The molecule has 0 bridgehead atoms. The molecule has 1 aliphatic heterocycles. The molecular formula is C13H16N4O2. The highest BCUT2D eigenvalue weighted by molar-refractivity contribution is 6.02. The van der Waals surface area contributed by atoms with E-state index in [9.17, 15) is 4.79 Å². The van der Waals surface area contributed by atoms with Crippen LogP contribution in [0.2, 0.25) is 0 Å². The number of fused-ring (bicyclic) bond motifs is 1. The van der Waals surface area contributed by atoms with E-state index < -0.39 is 0 Å². The van der Waals surface area contributed by atoms with Crippen LogP contribution >= 0.6 is 0 Å². The van der Waals surface area contributed by atoms with Gasteiger partial charge in [0.2, 0.25) is 0 Å². The first kappa shape index (κ1) is 12.1. The number of piperazine rings is 1. The summed E-state index contributed by atoms with van der Waals surface area (Å²) < 4.78 is 5.33. The first-order valence-electron chi connectivity index (χ1n) is 6.31. The van der Waals surface area contributed by atoms with Crippen LogP contribution in [0.3, 0.4) is 0 Å². The van der Waals surface area contributed by atoms with E-state index in [0.29, 0.717) is 11.3 Å². The molecule has 1 aliphatic rings. The van der Waals surface area contributed by atoms with Gasteiger partial charge in [-0.2, -0.15) is 0 Å². The van der Waals surface area contributed by atoms with Crippen LogP contribution in [-0.4, -0.2) is 54.0 Å². The van der Waals surface area contributed by atoms with Crippen LogP contribution in [0.5, 0.6) is 0 Å². The molecule has 0 unspecified atom stereocenters. The Labute approximate surface area is 111 Å². The summed E-state index contributed by atoms with van der Waals surface area (Å²) in [5.41, 5.74) is 3.75. The molecule has 1 N–H and O–H groups in total. The molecule has 1 fully saturated rings. The number of likely N-dealkylation sites (N-methyl/N-ethyl adjacent to an activating group) is 1. The number of nitrogens with one attached hydrogen (secondary N) is 1. The second-order valence-electron chi connectivity index (χ2n) is 4.73. The number of furan rings is 1. The number of hydrogen-bond donors (Lipinski definition) is 1. The van der Waals surface area contributed by atoms with Crippen LogP contribution in [0.15, 0.2) is 29.0 Å². The van der Waals surface area contributed by atoms with Crippen molar-refractivity contribution < 1.29 is 9.21 Å². The number of amides is 1. The van der Waals surface area contributed by atoms with Crippen LogP contribution in [0, 0.1) is 0 Å². The Bertz CT molecular complexity index is 587. The Morgan fingerprint density at radius 3 is 2.89 bits per heavy atom. The molecule has 3 rings (SSSR count). The minimum absolute atomic E-state index is 0.217. The maximum absolute atomic E-state index is 12.2. The first-order valence-corrected chi connectivity index (χ1v) is 6.31. The predicted molar refractivity (Wildman–Crippen MR) is 70.5 cm³/mol. The van der Waals surface area contributed by atoms with E-state index in [1.165, 1.54) is 0 Å². The zero-order valence-corrected chi connectivity index (χ0v) is 10.8. The third-order valence-corrected chi connectivity index (χ3v) is 3.35. The van der Waals surface area contributed by atoms with Gasteiger partial charge in [0.15, 0.2) is 11.3 Å². The normalized spacial score (nSPS) is 17.7. The highest BCUT2D eigenvalue weighted by Gasteiger charge is 2.19. The van der Waals surface area contributed by atoms with Gasteiger partial charge in [-0.1, -0.05) is 0 Å². The summed E-state index contributed by atoms with van der Waals surface area (Å²) in [6.07, 6.45) is 3.19. The van der Waals surface area contributed by atoms with Crippen molar-refractivity contribution in [3.8, 4) is 0 Å². The van der Waals surface area contributed by atoms with E-state index in [0.717, 1.165) is 31.6 Å². The van der Waals surface area contributed by atoms with Gasteiger partial charge in [-0.05, 0) is 19.2 Å². The number of rotatable bonds is 2. The molecule has 100 valence electrons. The lowest BCUT2D eigenvalue weighted by molar-refractivity contribution is 0.0658. The maximum Gasteiger partial charge on any atom is 0.288 e. The lowest BCUT2D eigenvalue weighted by atomic mass is 10.2. The summed E-state index contributed by atoms with van der Waals surface area (Å²) in [5.74, 6) is -0.217. The summed E-state index contributed by atoms with van der Waals surface area (Å²) in [7, 11) is 2.07. The molecule has 0 aromatic carbocycles. The van der Waals surface area contributed by atoms with Gasteiger partial charge < -0.3 is 9.32 Å². The monoisotopic (exact) mass is 260 g/mol. The van der Waals surface area contributed by atoms with Gasteiger partial charge in [0, 0.05) is 37.8 Å². The van der Waals surface area contributed by atoms with E-state index in [-0.39, 0.29) is 5.91 Å². The maximum atomic E-state index is 12.2. The number of carbonyl (C=O) groups is 1. The first-order chi connectivity index (χ1) is 9.24.